The summed E-state index contributed by atoms with van der Waals surface area (Å²) in [5, 5.41) is 0. The molecule has 2 aliphatic heterocycles. The number of hydrogen-bond acceptors (Lipinski definition) is 4. The highest BCUT2D eigenvalue weighted by Crippen LogP contribution is 2.52. The fourth-order valence-corrected chi connectivity index (χ4v) is 11.2. The van der Waals surface area contributed by atoms with Gasteiger partial charge in [-0.2, -0.15) is 0 Å². The number of hydrogen-bond donors (Lipinski definition) is 0. The van der Waals surface area contributed by atoms with Crippen LogP contribution in [0, 0.1) is 0 Å². The van der Waals surface area contributed by atoms with E-state index in [9.17, 15) is 0 Å². The van der Waals surface area contributed by atoms with Crippen molar-refractivity contribution in [3.63, 3.8) is 0 Å². The van der Waals surface area contributed by atoms with E-state index < -0.39 is 0 Å². The first-order valence-electron chi connectivity index (χ1n) is 27.4. The van der Waals surface area contributed by atoms with Gasteiger partial charge in [0, 0.05) is 39.4 Å². The predicted octanol–water partition coefficient (Wildman–Crippen LogP) is 17.9. The summed E-state index contributed by atoms with van der Waals surface area (Å²) in [6.07, 6.45) is 0. The van der Waals surface area contributed by atoms with Crippen LogP contribution in [0.5, 0.6) is 0 Å². The Morgan fingerprint density at radius 1 is 0.368 bits per heavy atom. The molecule has 382 valence electrons. The number of nitrogens with zero attached hydrogens (tertiary/aromatic N) is 3. The lowest BCUT2D eigenvalue weighted by molar-refractivity contribution is 0.579. The number of rotatable bonds is 6. The summed E-state index contributed by atoms with van der Waals surface area (Å²) in [6, 6.07) is 66.0. The van der Waals surface area contributed by atoms with Crippen molar-refractivity contribution in [3.05, 3.63) is 204 Å². The van der Waals surface area contributed by atoms with Gasteiger partial charge in [-0.25, -0.2) is 4.98 Å². The minimum Gasteiger partial charge on any atom is -0.420 e. The molecule has 8 aromatic carbocycles. The Balaban J connectivity index is 1.23. The standard InChI is InChI=1S/C71H74BN3O/c1-67(2,3)50-32-28-46(29-33-50)45-24-26-49(27-25-45)65-73-64-66(76-65)75(63-56(47-20-17-16-18-21-47)22-19-23-57(63)48-30-34-51(35-31-48)68(4,5)6)61-44-54(71(13,14)15)43-60-62(61)72(64)58-42-53(70(10,11)12)38-41-59(58)74(60)55-39-36-52(37-40-55)69(7,8)9/h16-44H,1-15H3. The largest absolute Gasteiger partial charge is 0.420 e. The van der Waals surface area contributed by atoms with Crippen molar-refractivity contribution in [1.29, 1.82) is 0 Å². The molecule has 0 atom stereocenters. The Kier molecular flexibility index (Phi) is 12.1. The lowest BCUT2D eigenvalue weighted by atomic mass is 9.35. The van der Waals surface area contributed by atoms with Gasteiger partial charge in [0.2, 0.25) is 11.8 Å². The summed E-state index contributed by atoms with van der Waals surface area (Å²) in [5.74, 6) is 1.33. The van der Waals surface area contributed by atoms with Gasteiger partial charge in [-0.3, -0.25) is 4.90 Å². The number of benzene rings is 8. The summed E-state index contributed by atoms with van der Waals surface area (Å²) in [6.45, 7) is 34.2. The van der Waals surface area contributed by atoms with Gasteiger partial charge in [0.1, 0.15) is 0 Å². The third-order valence-corrected chi connectivity index (χ3v) is 15.9. The average molecular weight is 996 g/mol. The second kappa shape index (κ2) is 18.1. The van der Waals surface area contributed by atoms with Crippen LogP contribution in [-0.4, -0.2) is 11.7 Å². The Bertz CT molecular complexity index is 3630. The van der Waals surface area contributed by atoms with Crippen LogP contribution in [0.25, 0.3) is 44.8 Å². The van der Waals surface area contributed by atoms with Crippen LogP contribution in [0.4, 0.5) is 34.3 Å². The third kappa shape index (κ3) is 9.10. The number of para-hydroxylation sites is 1. The van der Waals surface area contributed by atoms with Crippen molar-refractivity contribution in [2.45, 2.75) is 131 Å². The van der Waals surface area contributed by atoms with E-state index >= 15 is 0 Å². The second-order valence-corrected chi connectivity index (χ2v) is 26.6. The van der Waals surface area contributed by atoms with E-state index in [4.69, 9.17) is 9.40 Å². The lowest BCUT2D eigenvalue weighted by Gasteiger charge is -2.44. The van der Waals surface area contributed by atoms with E-state index in [1.807, 2.05) is 0 Å². The summed E-state index contributed by atoms with van der Waals surface area (Å²) < 4.78 is 7.55. The number of aromatic nitrogens is 1. The summed E-state index contributed by atoms with van der Waals surface area (Å²) >= 11 is 0. The highest BCUT2D eigenvalue weighted by Gasteiger charge is 2.48. The second-order valence-electron chi connectivity index (χ2n) is 26.6. The zero-order valence-electron chi connectivity index (χ0n) is 47.6. The van der Waals surface area contributed by atoms with Gasteiger partial charge in [0.15, 0.2) is 0 Å². The topological polar surface area (TPSA) is 32.5 Å². The summed E-state index contributed by atoms with van der Waals surface area (Å²) in [4.78, 5) is 10.8. The number of fused-ring (bicyclic) bond motifs is 4. The summed E-state index contributed by atoms with van der Waals surface area (Å²) in [7, 11) is 0. The molecule has 0 spiro atoms. The van der Waals surface area contributed by atoms with Gasteiger partial charge in [0.05, 0.1) is 11.3 Å². The molecule has 4 nitrogen and oxygen atoms in total. The minimum absolute atomic E-state index is 0.00387. The minimum atomic E-state index is -0.246. The van der Waals surface area contributed by atoms with Crippen LogP contribution in [-0.2, 0) is 27.1 Å². The van der Waals surface area contributed by atoms with Crippen molar-refractivity contribution in [2.75, 3.05) is 9.80 Å². The van der Waals surface area contributed by atoms with Crippen LogP contribution in [0.2, 0.25) is 0 Å². The molecule has 0 saturated heterocycles. The van der Waals surface area contributed by atoms with Crippen molar-refractivity contribution in [2.24, 2.45) is 0 Å². The summed E-state index contributed by atoms with van der Waals surface area (Å²) in [5.41, 5.74) is 22.9. The molecule has 0 bridgehead atoms. The van der Waals surface area contributed by atoms with Crippen LogP contribution in [0.3, 0.4) is 0 Å². The molecule has 0 radical (unpaired) electrons. The monoisotopic (exact) mass is 996 g/mol. The normalized spacial score (nSPS) is 13.6. The van der Waals surface area contributed by atoms with E-state index in [1.165, 1.54) is 44.3 Å². The SMILES string of the molecule is CC(C)(C)c1ccc(-c2ccc(-c3nc4c(o3)N(c3c(-c5ccccc5)cccc3-c3ccc(C(C)(C)C)cc3)c3cc(C(C)(C)C)cc5c3B4c3cc(C(C)(C)C)ccc3N5c3ccc(C(C)(C)C)cc3)cc2)cc1. The molecule has 1 aromatic heterocycles. The molecule has 3 heterocycles. The predicted molar refractivity (Wildman–Crippen MR) is 326 cm³/mol. The molecule has 0 aliphatic carbocycles. The first kappa shape index (κ1) is 50.8. The molecule has 0 saturated carbocycles. The van der Waals surface area contributed by atoms with Gasteiger partial charge >= 0.3 is 0 Å². The Labute approximate surface area is 454 Å². The first-order valence-corrected chi connectivity index (χ1v) is 27.4. The van der Waals surface area contributed by atoms with Crippen molar-refractivity contribution in [1.82, 2.24) is 4.98 Å². The van der Waals surface area contributed by atoms with E-state index in [-0.39, 0.29) is 33.8 Å². The zero-order valence-corrected chi connectivity index (χ0v) is 47.6. The van der Waals surface area contributed by atoms with Crippen LogP contribution < -0.4 is 26.3 Å². The van der Waals surface area contributed by atoms with Crippen LogP contribution in [0.15, 0.2) is 180 Å². The highest BCUT2D eigenvalue weighted by atomic mass is 16.4. The van der Waals surface area contributed by atoms with Gasteiger partial charge in [-0.05, 0) is 131 Å². The smallest absolute Gasteiger partial charge is 0.279 e. The van der Waals surface area contributed by atoms with Crippen molar-refractivity contribution < 1.29 is 4.42 Å². The first-order chi connectivity index (χ1) is 35.8. The molecule has 11 rings (SSSR count). The molecule has 9 aromatic rings. The van der Waals surface area contributed by atoms with Gasteiger partial charge < -0.3 is 9.32 Å². The molecule has 0 N–H and O–H groups in total. The quantitative estimate of drug-likeness (QED) is 0.155. The molecule has 5 heteroatoms. The van der Waals surface area contributed by atoms with Gasteiger partial charge in [-0.1, -0.05) is 237 Å². The third-order valence-electron chi connectivity index (χ3n) is 15.9. The van der Waals surface area contributed by atoms with E-state index in [1.54, 1.807) is 0 Å². The van der Waals surface area contributed by atoms with Crippen molar-refractivity contribution in [3.8, 4) is 44.8 Å². The molecule has 0 unspecified atom stereocenters. The highest BCUT2D eigenvalue weighted by molar-refractivity contribution is 6.99. The molecular formula is C71H74BN3O. The number of oxazole rings is 1. The molecule has 0 amide bonds. The average Bonchev–Trinajstić information content (AvgIpc) is 4.01. The number of anilines is 6. The van der Waals surface area contributed by atoms with Crippen LogP contribution in [0.1, 0.15) is 132 Å². The van der Waals surface area contributed by atoms with E-state index in [0.717, 1.165) is 73.3 Å². The Hall–Kier alpha value is -7.37. The Morgan fingerprint density at radius 3 is 1.32 bits per heavy atom. The fraction of sp³-hybridized carbons (Fsp3) is 0.282. The lowest BCUT2D eigenvalue weighted by Crippen LogP contribution is -2.62. The molecule has 76 heavy (non-hydrogen) atoms. The maximum Gasteiger partial charge on any atom is 0.279 e. The van der Waals surface area contributed by atoms with Gasteiger partial charge in [0.25, 0.3) is 6.71 Å². The van der Waals surface area contributed by atoms with E-state index in [2.05, 4.69) is 290 Å². The maximum atomic E-state index is 7.55. The van der Waals surface area contributed by atoms with Crippen molar-refractivity contribution >= 4 is 57.6 Å². The zero-order chi connectivity index (χ0) is 53.9. The van der Waals surface area contributed by atoms with Crippen LogP contribution >= 0.6 is 0 Å². The Morgan fingerprint density at radius 2 is 0.803 bits per heavy atom. The fourth-order valence-electron chi connectivity index (χ4n) is 11.2. The molecule has 0 fully saturated rings. The molecule has 2 aliphatic rings. The van der Waals surface area contributed by atoms with Gasteiger partial charge in [-0.15, -0.1) is 0 Å². The van der Waals surface area contributed by atoms with E-state index in [0.29, 0.717) is 5.89 Å². The molecular weight excluding hydrogens is 922 g/mol. The maximum absolute atomic E-state index is 7.55.